The van der Waals surface area contributed by atoms with Gasteiger partial charge in [0.05, 0.1) is 7.11 Å². The second kappa shape index (κ2) is 7.72. The number of benzene rings is 2. The van der Waals surface area contributed by atoms with Crippen LogP contribution < -0.4 is 14.8 Å². The summed E-state index contributed by atoms with van der Waals surface area (Å²) in [5, 5.41) is 2.92. The molecule has 6 nitrogen and oxygen atoms in total. The lowest BCUT2D eigenvalue weighted by Gasteiger charge is -2.17. The fourth-order valence-electron chi connectivity index (χ4n) is 3.42. The highest BCUT2D eigenvalue weighted by atomic mass is 19.1. The Morgan fingerprint density at radius 2 is 1.89 bits per heavy atom. The van der Waals surface area contributed by atoms with Gasteiger partial charge in [-0.1, -0.05) is 30.3 Å². The van der Waals surface area contributed by atoms with Crippen molar-refractivity contribution in [3.8, 4) is 11.5 Å². The number of fused-ring (bicyclic) bond motifs is 1. The number of aromatic nitrogens is 2. The highest BCUT2D eigenvalue weighted by Gasteiger charge is 2.27. The largest absolute Gasteiger partial charge is 0.496 e. The zero-order valence-corrected chi connectivity index (χ0v) is 15.4. The Bertz CT molecular complexity index is 1000. The number of aromatic amines is 1. The molecule has 3 aromatic rings. The van der Waals surface area contributed by atoms with Crippen molar-refractivity contribution in [2.24, 2.45) is 0 Å². The third-order valence-corrected chi connectivity index (χ3v) is 4.78. The van der Waals surface area contributed by atoms with Gasteiger partial charge in [-0.3, -0.25) is 4.79 Å². The maximum absolute atomic E-state index is 13.7. The highest BCUT2D eigenvalue weighted by molar-refractivity contribution is 5.94. The van der Waals surface area contributed by atoms with E-state index in [0.29, 0.717) is 24.5 Å². The molecule has 1 aliphatic rings. The minimum Gasteiger partial charge on any atom is -0.496 e. The van der Waals surface area contributed by atoms with Gasteiger partial charge in [0.25, 0.3) is 5.91 Å². The van der Waals surface area contributed by atoms with Crippen molar-refractivity contribution in [1.29, 1.82) is 0 Å². The summed E-state index contributed by atoms with van der Waals surface area (Å²) >= 11 is 0. The molecule has 1 atom stereocenters. The van der Waals surface area contributed by atoms with Crippen molar-refractivity contribution in [3.63, 3.8) is 0 Å². The van der Waals surface area contributed by atoms with Crippen molar-refractivity contribution in [1.82, 2.24) is 15.3 Å². The van der Waals surface area contributed by atoms with Crippen LogP contribution in [0.5, 0.6) is 11.5 Å². The first kappa shape index (κ1) is 18.0. The second-order valence-electron chi connectivity index (χ2n) is 6.58. The van der Waals surface area contributed by atoms with E-state index < -0.39 is 5.82 Å². The summed E-state index contributed by atoms with van der Waals surface area (Å²) < 4.78 is 24.7. The van der Waals surface area contributed by atoms with E-state index in [4.69, 9.17) is 9.47 Å². The maximum atomic E-state index is 13.7. The van der Waals surface area contributed by atoms with E-state index in [9.17, 15) is 9.18 Å². The normalized spacial score (nSPS) is 16.1. The van der Waals surface area contributed by atoms with Crippen LogP contribution in [-0.2, 0) is 13.0 Å². The highest BCUT2D eigenvalue weighted by Crippen LogP contribution is 2.31. The SMILES string of the molecule is COc1ccccc1C1CNC(=O)c2nc(COc3ccccc3F)[nH]c2C1. The number of halogens is 1. The van der Waals surface area contributed by atoms with Crippen molar-refractivity contribution in [3.05, 3.63) is 77.1 Å². The van der Waals surface area contributed by atoms with E-state index in [-0.39, 0.29) is 24.2 Å². The minimum atomic E-state index is -0.440. The van der Waals surface area contributed by atoms with Crippen LogP contribution in [0.15, 0.2) is 48.5 Å². The lowest BCUT2D eigenvalue weighted by atomic mass is 9.93. The number of carbonyl (C=O) groups excluding carboxylic acids is 1. The number of para-hydroxylation sites is 2. The summed E-state index contributed by atoms with van der Waals surface area (Å²) in [7, 11) is 1.63. The zero-order chi connectivity index (χ0) is 19.5. The van der Waals surface area contributed by atoms with Crippen LogP contribution >= 0.6 is 0 Å². The molecule has 0 bridgehead atoms. The molecule has 2 aromatic carbocycles. The Morgan fingerprint density at radius 3 is 2.68 bits per heavy atom. The summed E-state index contributed by atoms with van der Waals surface area (Å²) in [5.74, 6) is 0.773. The minimum absolute atomic E-state index is 0.0422. The summed E-state index contributed by atoms with van der Waals surface area (Å²) in [6, 6.07) is 13.9. The van der Waals surface area contributed by atoms with Crippen molar-refractivity contribution >= 4 is 5.91 Å². The number of nitrogens with one attached hydrogen (secondary N) is 2. The Kier molecular flexibility index (Phi) is 4.97. The summed E-state index contributed by atoms with van der Waals surface area (Å²) in [5.41, 5.74) is 2.11. The lowest BCUT2D eigenvalue weighted by Crippen LogP contribution is -2.26. The molecule has 1 aromatic heterocycles. The molecule has 144 valence electrons. The number of imidazole rings is 1. The molecule has 28 heavy (non-hydrogen) atoms. The Labute approximate surface area is 161 Å². The van der Waals surface area contributed by atoms with E-state index in [2.05, 4.69) is 15.3 Å². The molecule has 4 rings (SSSR count). The molecule has 2 N–H and O–H groups in total. The third kappa shape index (κ3) is 3.55. The summed E-state index contributed by atoms with van der Waals surface area (Å²) in [6.45, 7) is 0.533. The molecular formula is C21H20FN3O3. The average molecular weight is 381 g/mol. The standard InChI is InChI=1S/C21H20FN3O3/c1-27-17-8-4-2-6-14(17)13-10-16-20(21(26)23-11-13)25-19(24-16)12-28-18-9-5-3-7-15(18)22/h2-9,13H,10-12H2,1H3,(H,23,26)(H,24,25). The average Bonchev–Trinajstić information content (AvgIpc) is 3.06. The van der Waals surface area contributed by atoms with Gasteiger partial charge < -0.3 is 19.8 Å². The zero-order valence-electron chi connectivity index (χ0n) is 15.4. The van der Waals surface area contributed by atoms with Crippen LogP contribution in [0.2, 0.25) is 0 Å². The first-order valence-corrected chi connectivity index (χ1v) is 9.02. The van der Waals surface area contributed by atoms with Gasteiger partial charge in [-0.15, -0.1) is 0 Å². The number of methoxy groups -OCH3 is 1. The Balaban J connectivity index is 1.56. The van der Waals surface area contributed by atoms with Crippen molar-refractivity contribution in [2.45, 2.75) is 18.9 Å². The van der Waals surface area contributed by atoms with E-state index in [0.717, 1.165) is 17.0 Å². The van der Waals surface area contributed by atoms with Crippen LogP contribution in [0.3, 0.4) is 0 Å². The van der Waals surface area contributed by atoms with Gasteiger partial charge in [0.15, 0.2) is 11.6 Å². The summed E-state index contributed by atoms with van der Waals surface area (Å²) in [6.07, 6.45) is 0.598. The third-order valence-electron chi connectivity index (χ3n) is 4.78. The molecule has 0 saturated carbocycles. The summed E-state index contributed by atoms with van der Waals surface area (Å²) in [4.78, 5) is 20.0. The number of hydrogen-bond acceptors (Lipinski definition) is 4. The van der Waals surface area contributed by atoms with Gasteiger partial charge in [-0.05, 0) is 30.2 Å². The number of amides is 1. The molecule has 0 aliphatic carbocycles. The van der Waals surface area contributed by atoms with Crippen molar-refractivity contribution < 1.29 is 18.7 Å². The smallest absolute Gasteiger partial charge is 0.271 e. The monoisotopic (exact) mass is 381 g/mol. The van der Waals surface area contributed by atoms with E-state index >= 15 is 0 Å². The van der Waals surface area contributed by atoms with Gasteiger partial charge >= 0.3 is 0 Å². The fraction of sp³-hybridized carbons (Fsp3) is 0.238. The molecule has 1 amide bonds. The number of carbonyl (C=O) groups is 1. The van der Waals surface area contributed by atoms with Crippen molar-refractivity contribution in [2.75, 3.05) is 13.7 Å². The first-order chi connectivity index (χ1) is 13.7. The molecule has 0 radical (unpaired) electrons. The topological polar surface area (TPSA) is 76.2 Å². The molecule has 7 heteroatoms. The molecule has 0 saturated heterocycles. The molecular weight excluding hydrogens is 361 g/mol. The Morgan fingerprint density at radius 1 is 1.14 bits per heavy atom. The number of nitrogens with zero attached hydrogens (tertiary/aromatic N) is 1. The van der Waals surface area contributed by atoms with E-state index in [1.54, 1.807) is 25.3 Å². The van der Waals surface area contributed by atoms with Crippen LogP contribution in [0.1, 0.15) is 33.5 Å². The molecule has 0 fully saturated rings. The van der Waals surface area contributed by atoms with Gasteiger partial charge in [0.1, 0.15) is 23.9 Å². The van der Waals surface area contributed by atoms with Crippen LogP contribution in [0, 0.1) is 5.82 Å². The van der Waals surface area contributed by atoms with Gasteiger partial charge in [0, 0.05) is 18.2 Å². The van der Waals surface area contributed by atoms with Crippen LogP contribution in [-0.4, -0.2) is 29.5 Å². The van der Waals surface area contributed by atoms with E-state index in [1.807, 2.05) is 24.3 Å². The van der Waals surface area contributed by atoms with Crippen LogP contribution in [0.25, 0.3) is 0 Å². The van der Waals surface area contributed by atoms with Gasteiger partial charge in [0.2, 0.25) is 0 Å². The van der Waals surface area contributed by atoms with Crippen LogP contribution in [0.4, 0.5) is 4.39 Å². The maximum Gasteiger partial charge on any atom is 0.271 e. The molecule has 2 heterocycles. The predicted molar refractivity (Wildman–Crippen MR) is 101 cm³/mol. The molecule has 1 aliphatic heterocycles. The number of ether oxygens (including phenoxy) is 2. The van der Waals surface area contributed by atoms with Gasteiger partial charge in [-0.2, -0.15) is 0 Å². The second-order valence-corrected chi connectivity index (χ2v) is 6.58. The number of hydrogen-bond donors (Lipinski definition) is 2. The first-order valence-electron chi connectivity index (χ1n) is 9.02. The fourth-order valence-corrected chi connectivity index (χ4v) is 3.42. The number of H-pyrrole nitrogens is 1. The lowest BCUT2D eigenvalue weighted by molar-refractivity contribution is 0.0949. The molecule has 0 spiro atoms. The van der Waals surface area contributed by atoms with E-state index in [1.165, 1.54) is 6.07 Å². The number of rotatable bonds is 5. The van der Waals surface area contributed by atoms with Gasteiger partial charge in [-0.25, -0.2) is 9.37 Å². The Hall–Kier alpha value is -3.35. The predicted octanol–water partition coefficient (Wildman–Crippen LogP) is 3.21. The quantitative estimate of drug-likeness (QED) is 0.712. The molecule has 1 unspecified atom stereocenters.